The summed E-state index contributed by atoms with van der Waals surface area (Å²) in [5, 5.41) is 8.63. The van der Waals surface area contributed by atoms with Crippen LogP contribution < -0.4 is 9.80 Å². The molecule has 1 fully saturated rings. The predicted octanol–water partition coefficient (Wildman–Crippen LogP) is 3.27. The van der Waals surface area contributed by atoms with E-state index in [1.807, 2.05) is 44.4 Å². The number of rotatable bonds is 3. The lowest BCUT2D eigenvalue weighted by Gasteiger charge is -2.24. The van der Waals surface area contributed by atoms with Gasteiger partial charge in [0.05, 0.1) is 17.6 Å². The molecule has 0 unspecified atom stereocenters. The highest BCUT2D eigenvalue weighted by Gasteiger charge is 2.19. The van der Waals surface area contributed by atoms with E-state index in [1.54, 1.807) is 0 Å². The van der Waals surface area contributed by atoms with Gasteiger partial charge in [0, 0.05) is 37.9 Å². The topological polar surface area (TPSA) is 58.0 Å². The third kappa shape index (κ3) is 3.89. The van der Waals surface area contributed by atoms with Gasteiger partial charge in [0.1, 0.15) is 5.82 Å². The molecule has 1 aliphatic rings. The first-order chi connectivity index (χ1) is 13.2. The Kier molecular flexibility index (Phi) is 4.96. The van der Waals surface area contributed by atoms with Gasteiger partial charge in [-0.2, -0.15) is 5.10 Å². The van der Waals surface area contributed by atoms with Gasteiger partial charge in [-0.1, -0.05) is 30.3 Å². The molecule has 6 heteroatoms. The molecule has 1 aromatic carbocycles. The van der Waals surface area contributed by atoms with Crippen LogP contribution in [0.2, 0.25) is 0 Å². The van der Waals surface area contributed by atoms with Crippen LogP contribution in [0.5, 0.6) is 0 Å². The van der Waals surface area contributed by atoms with Gasteiger partial charge in [-0.25, -0.2) is 4.98 Å². The largest absolute Gasteiger partial charge is 0.353 e. The second kappa shape index (κ2) is 7.70. The van der Waals surface area contributed by atoms with E-state index in [9.17, 15) is 0 Å². The minimum Gasteiger partial charge on any atom is -0.353 e. The highest BCUT2D eigenvalue weighted by atomic mass is 15.3. The van der Waals surface area contributed by atoms with Gasteiger partial charge >= 0.3 is 0 Å². The van der Waals surface area contributed by atoms with Crippen molar-refractivity contribution in [3.05, 3.63) is 60.2 Å². The Balaban J connectivity index is 1.53. The van der Waals surface area contributed by atoms with Crippen LogP contribution in [0, 0.1) is 13.8 Å². The summed E-state index contributed by atoms with van der Waals surface area (Å²) in [6.45, 7) is 7.74. The molecule has 3 aromatic rings. The SMILES string of the molecule is Cc1cnc(C)c(N2CCCN(c3cc(-c4ccccc4)cnn3)CC2)n1. The van der Waals surface area contributed by atoms with Crippen molar-refractivity contribution in [1.82, 2.24) is 20.2 Å². The Morgan fingerprint density at radius 1 is 0.852 bits per heavy atom. The number of benzene rings is 1. The average molecular weight is 360 g/mol. The molecule has 0 saturated carbocycles. The summed E-state index contributed by atoms with van der Waals surface area (Å²) in [7, 11) is 0. The maximum atomic E-state index is 4.71. The molecule has 6 nitrogen and oxygen atoms in total. The summed E-state index contributed by atoms with van der Waals surface area (Å²) in [5.74, 6) is 1.94. The molecule has 27 heavy (non-hydrogen) atoms. The predicted molar refractivity (Wildman–Crippen MR) is 108 cm³/mol. The molecule has 2 aromatic heterocycles. The molecular weight excluding hydrogens is 336 g/mol. The maximum absolute atomic E-state index is 4.71. The van der Waals surface area contributed by atoms with Crippen molar-refractivity contribution >= 4 is 11.6 Å². The first kappa shape index (κ1) is 17.4. The fourth-order valence-electron chi connectivity index (χ4n) is 3.48. The second-order valence-corrected chi connectivity index (χ2v) is 6.92. The highest BCUT2D eigenvalue weighted by molar-refractivity contribution is 5.65. The van der Waals surface area contributed by atoms with Crippen molar-refractivity contribution < 1.29 is 0 Å². The van der Waals surface area contributed by atoms with Gasteiger partial charge < -0.3 is 9.80 Å². The Morgan fingerprint density at radius 3 is 2.48 bits per heavy atom. The summed E-state index contributed by atoms with van der Waals surface area (Å²) in [6, 6.07) is 12.5. The average Bonchev–Trinajstić information content (AvgIpc) is 2.97. The standard InChI is InChI=1S/C21H24N6/c1-16-14-22-17(2)21(24-16)27-10-6-9-26(11-12-27)20-13-19(15-23-25-20)18-7-4-3-5-8-18/h3-5,7-8,13-15H,6,9-12H2,1-2H3. The van der Waals surface area contributed by atoms with Crippen molar-refractivity contribution in [3.63, 3.8) is 0 Å². The molecule has 138 valence electrons. The van der Waals surface area contributed by atoms with Crippen LogP contribution in [0.15, 0.2) is 48.8 Å². The number of hydrogen-bond donors (Lipinski definition) is 0. The quantitative estimate of drug-likeness (QED) is 0.714. The fraction of sp³-hybridized carbons (Fsp3) is 0.333. The molecule has 0 bridgehead atoms. The van der Waals surface area contributed by atoms with Crippen LogP contribution in [0.25, 0.3) is 11.1 Å². The van der Waals surface area contributed by atoms with Gasteiger partial charge in [0.25, 0.3) is 0 Å². The third-order valence-electron chi connectivity index (χ3n) is 4.92. The lowest BCUT2D eigenvalue weighted by molar-refractivity contribution is 0.783. The van der Waals surface area contributed by atoms with Crippen molar-refractivity contribution in [2.75, 3.05) is 36.0 Å². The number of nitrogens with zero attached hydrogens (tertiary/aromatic N) is 6. The Hall–Kier alpha value is -3.02. The van der Waals surface area contributed by atoms with Crippen LogP contribution in [-0.2, 0) is 0 Å². The lowest BCUT2D eigenvalue weighted by atomic mass is 10.1. The monoisotopic (exact) mass is 360 g/mol. The van der Waals surface area contributed by atoms with Gasteiger partial charge in [0.2, 0.25) is 0 Å². The number of hydrogen-bond acceptors (Lipinski definition) is 6. The van der Waals surface area contributed by atoms with Gasteiger partial charge in [-0.15, -0.1) is 5.10 Å². The van der Waals surface area contributed by atoms with Gasteiger partial charge in [0.15, 0.2) is 5.82 Å². The van der Waals surface area contributed by atoms with Crippen molar-refractivity contribution in [3.8, 4) is 11.1 Å². The smallest absolute Gasteiger partial charge is 0.151 e. The number of aryl methyl sites for hydroxylation is 2. The van der Waals surface area contributed by atoms with E-state index in [0.717, 1.165) is 66.8 Å². The fourth-order valence-corrected chi connectivity index (χ4v) is 3.48. The molecule has 1 saturated heterocycles. The van der Waals surface area contributed by atoms with Crippen LogP contribution in [0.1, 0.15) is 17.8 Å². The molecule has 4 rings (SSSR count). The molecule has 3 heterocycles. The Labute approximate surface area is 159 Å². The normalized spacial score (nSPS) is 14.9. The third-order valence-corrected chi connectivity index (χ3v) is 4.92. The van der Waals surface area contributed by atoms with Crippen LogP contribution in [0.4, 0.5) is 11.6 Å². The Bertz CT molecular complexity index is 912. The Morgan fingerprint density at radius 2 is 1.63 bits per heavy atom. The number of anilines is 2. The van der Waals surface area contributed by atoms with E-state index in [-0.39, 0.29) is 0 Å². The van der Waals surface area contributed by atoms with Crippen molar-refractivity contribution in [1.29, 1.82) is 0 Å². The summed E-state index contributed by atoms with van der Waals surface area (Å²) in [4.78, 5) is 13.8. The van der Waals surface area contributed by atoms with Gasteiger partial charge in [-0.3, -0.25) is 4.98 Å². The van der Waals surface area contributed by atoms with Crippen LogP contribution in [0.3, 0.4) is 0 Å². The molecule has 1 aliphatic heterocycles. The van der Waals surface area contributed by atoms with E-state index in [1.165, 1.54) is 0 Å². The van der Waals surface area contributed by atoms with E-state index < -0.39 is 0 Å². The zero-order valence-corrected chi connectivity index (χ0v) is 15.8. The molecule has 0 N–H and O–H groups in total. The maximum Gasteiger partial charge on any atom is 0.151 e. The summed E-state index contributed by atoms with van der Waals surface area (Å²) < 4.78 is 0. The number of aromatic nitrogens is 4. The van der Waals surface area contributed by atoms with Gasteiger partial charge in [-0.05, 0) is 31.9 Å². The van der Waals surface area contributed by atoms with Crippen LogP contribution >= 0.6 is 0 Å². The molecule has 0 spiro atoms. The zero-order chi connectivity index (χ0) is 18.6. The minimum absolute atomic E-state index is 0.891. The van der Waals surface area contributed by atoms with Crippen molar-refractivity contribution in [2.24, 2.45) is 0 Å². The molecular formula is C21H24N6. The minimum atomic E-state index is 0.891. The molecule has 0 radical (unpaired) electrons. The molecule has 0 atom stereocenters. The van der Waals surface area contributed by atoms with E-state index in [2.05, 4.69) is 43.2 Å². The second-order valence-electron chi connectivity index (χ2n) is 6.92. The molecule has 0 amide bonds. The first-order valence-corrected chi connectivity index (χ1v) is 9.39. The zero-order valence-electron chi connectivity index (χ0n) is 15.8. The van der Waals surface area contributed by atoms with E-state index in [0.29, 0.717) is 0 Å². The summed E-state index contributed by atoms with van der Waals surface area (Å²) in [6.07, 6.45) is 4.70. The van der Waals surface area contributed by atoms with E-state index in [4.69, 9.17) is 4.98 Å². The van der Waals surface area contributed by atoms with Crippen LogP contribution in [-0.4, -0.2) is 46.3 Å². The van der Waals surface area contributed by atoms with E-state index >= 15 is 0 Å². The van der Waals surface area contributed by atoms with Crippen molar-refractivity contribution in [2.45, 2.75) is 20.3 Å². The first-order valence-electron chi connectivity index (χ1n) is 9.39. The highest BCUT2D eigenvalue weighted by Crippen LogP contribution is 2.23. The summed E-state index contributed by atoms with van der Waals surface area (Å²) >= 11 is 0. The molecule has 0 aliphatic carbocycles. The lowest BCUT2D eigenvalue weighted by Crippen LogP contribution is -2.32. The summed E-state index contributed by atoms with van der Waals surface area (Å²) in [5.41, 5.74) is 4.20.